The van der Waals surface area contributed by atoms with Gasteiger partial charge >= 0.3 is 5.97 Å². The molecule has 0 N–H and O–H groups in total. The van der Waals surface area contributed by atoms with E-state index in [-0.39, 0.29) is 29.6 Å². The van der Waals surface area contributed by atoms with Gasteiger partial charge in [0.1, 0.15) is 12.2 Å². The van der Waals surface area contributed by atoms with Gasteiger partial charge in [-0.25, -0.2) is 0 Å². The number of benzene rings is 2. The zero-order valence-corrected chi connectivity index (χ0v) is 20.2. The van der Waals surface area contributed by atoms with Gasteiger partial charge in [0.05, 0.1) is 19.1 Å². The van der Waals surface area contributed by atoms with Gasteiger partial charge in [-0.2, -0.15) is 0 Å². The Bertz CT molecular complexity index is 871. The molecule has 31 heavy (non-hydrogen) atoms. The van der Waals surface area contributed by atoms with Gasteiger partial charge < -0.3 is 13.9 Å². The normalized spacial score (nSPS) is 20.7. The third-order valence-corrected chi connectivity index (χ3v) is 10.6. The summed E-state index contributed by atoms with van der Waals surface area (Å²) in [5.41, 5.74) is 2.17. The van der Waals surface area contributed by atoms with Crippen LogP contribution in [0.5, 0.6) is 0 Å². The van der Waals surface area contributed by atoms with E-state index in [2.05, 4.69) is 46.0 Å². The first-order valence-corrected chi connectivity index (χ1v) is 13.8. The molecule has 1 aliphatic rings. The summed E-state index contributed by atoms with van der Waals surface area (Å²) in [4.78, 5) is 12.0. The number of ether oxygens (including phenoxy) is 2. The first-order valence-electron chi connectivity index (χ1n) is 10.9. The van der Waals surface area contributed by atoms with E-state index in [1.165, 1.54) is 0 Å². The monoisotopic (exact) mass is 438 g/mol. The Morgan fingerprint density at radius 1 is 1.06 bits per heavy atom. The van der Waals surface area contributed by atoms with Crippen molar-refractivity contribution in [1.29, 1.82) is 0 Å². The smallest absolute Gasteiger partial charge is 0.309 e. The molecule has 0 aliphatic carbocycles. The summed E-state index contributed by atoms with van der Waals surface area (Å²) in [6.45, 7) is 11.6. The third kappa shape index (κ3) is 6.39. The molecule has 4 nitrogen and oxygen atoms in total. The van der Waals surface area contributed by atoms with Gasteiger partial charge in [0.25, 0.3) is 0 Å². The summed E-state index contributed by atoms with van der Waals surface area (Å²) < 4.78 is 18.3. The van der Waals surface area contributed by atoms with Crippen LogP contribution in [-0.4, -0.2) is 26.5 Å². The first kappa shape index (κ1) is 23.5. The van der Waals surface area contributed by atoms with Crippen LogP contribution in [0.2, 0.25) is 18.1 Å². The lowest BCUT2D eigenvalue weighted by Crippen LogP contribution is -2.41. The van der Waals surface area contributed by atoms with Crippen LogP contribution in [0.3, 0.4) is 0 Å². The standard InChI is InChI=1S/C26H34O4Si/c1-26(2,3)31(4,5)30-22(21-14-10-7-11-15-21)16-17-23-24(18-25(27)29-23)28-19-20-12-8-6-9-13-20/h6-17,22-24H,18-19H2,1-5H3/b17-16+/t22-,23+,24+/m0/s1. The first-order chi connectivity index (χ1) is 14.7. The number of hydrogen-bond donors (Lipinski definition) is 0. The van der Waals surface area contributed by atoms with E-state index < -0.39 is 14.4 Å². The predicted molar refractivity (Wildman–Crippen MR) is 126 cm³/mol. The summed E-state index contributed by atoms with van der Waals surface area (Å²) in [6, 6.07) is 20.2. The molecule has 1 heterocycles. The van der Waals surface area contributed by atoms with Gasteiger partial charge in [-0.1, -0.05) is 87.5 Å². The summed E-state index contributed by atoms with van der Waals surface area (Å²) in [7, 11) is -2.01. The minimum Gasteiger partial charge on any atom is -0.455 e. The minimum absolute atomic E-state index is 0.0923. The van der Waals surface area contributed by atoms with Gasteiger partial charge in [0, 0.05) is 0 Å². The SMILES string of the molecule is CC(C)(C)[Si](C)(C)O[C@@H](/C=C/[C@H]1OC(=O)C[C@H]1OCc1ccccc1)c1ccccc1. The molecular weight excluding hydrogens is 404 g/mol. The Morgan fingerprint density at radius 3 is 2.29 bits per heavy atom. The van der Waals surface area contributed by atoms with Crippen LogP contribution >= 0.6 is 0 Å². The quantitative estimate of drug-likeness (QED) is 0.279. The van der Waals surface area contributed by atoms with Crippen LogP contribution in [0.25, 0.3) is 0 Å². The van der Waals surface area contributed by atoms with E-state index in [9.17, 15) is 4.79 Å². The molecule has 0 radical (unpaired) electrons. The van der Waals surface area contributed by atoms with Crippen LogP contribution in [0.4, 0.5) is 0 Å². The van der Waals surface area contributed by atoms with E-state index in [1.807, 2.05) is 60.7 Å². The number of esters is 1. The molecule has 0 amide bonds. The highest BCUT2D eigenvalue weighted by molar-refractivity contribution is 6.74. The zero-order chi connectivity index (χ0) is 22.5. The molecular formula is C26H34O4Si. The number of carbonyl (C=O) groups is 1. The number of carbonyl (C=O) groups excluding carboxylic acids is 1. The summed E-state index contributed by atoms with van der Waals surface area (Å²) in [5, 5.41) is 0.0923. The van der Waals surface area contributed by atoms with Crippen LogP contribution in [0.15, 0.2) is 72.8 Å². The zero-order valence-electron chi connectivity index (χ0n) is 19.2. The molecule has 5 heteroatoms. The third-order valence-electron chi connectivity index (χ3n) is 6.14. The molecule has 0 bridgehead atoms. The van der Waals surface area contributed by atoms with Gasteiger partial charge in [-0.05, 0) is 35.3 Å². The lowest BCUT2D eigenvalue weighted by Gasteiger charge is -2.38. The molecule has 0 unspecified atom stereocenters. The van der Waals surface area contributed by atoms with Crippen molar-refractivity contribution < 1.29 is 18.7 Å². The van der Waals surface area contributed by atoms with E-state index in [1.54, 1.807) is 0 Å². The fourth-order valence-corrected chi connectivity index (χ4v) is 4.42. The number of cyclic esters (lactones) is 1. The number of rotatable bonds is 8. The van der Waals surface area contributed by atoms with Gasteiger partial charge in [-0.15, -0.1) is 0 Å². The Labute approximate surface area is 187 Å². The molecule has 1 saturated heterocycles. The van der Waals surface area contributed by atoms with Crippen molar-refractivity contribution in [2.75, 3.05) is 0 Å². The maximum atomic E-state index is 12.0. The topological polar surface area (TPSA) is 44.8 Å². The van der Waals surface area contributed by atoms with Crippen molar-refractivity contribution >= 4 is 14.3 Å². The van der Waals surface area contributed by atoms with Crippen molar-refractivity contribution in [2.45, 2.75) is 70.2 Å². The van der Waals surface area contributed by atoms with E-state index in [4.69, 9.17) is 13.9 Å². The highest BCUT2D eigenvalue weighted by atomic mass is 28.4. The molecule has 0 aromatic heterocycles. The van der Waals surface area contributed by atoms with E-state index in [0.717, 1.165) is 11.1 Å². The predicted octanol–water partition coefficient (Wildman–Crippen LogP) is 6.21. The number of hydrogen-bond acceptors (Lipinski definition) is 4. The Morgan fingerprint density at radius 2 is 1.68 bits per heavy atom. The highest BCUT2D eigenvalue weighted by Crippen LogP contribution is 2.40. The second-order valence-electron chi connectivity index (χ2n) is 9.59. The average Bonchev–Trinajstić information content (AvgIpc) is 3.09. The lowest BCUT2D eigenvalue weighted by molar-refractivity contribution is -0.140. The second kappa shape index (κ2) is 9.94. The largest absolute Gasteiger partial charge is 0.455 e. The van der Waals surface area contributed by atoms with E-state index >= 15 is 0 Å². The van der Waals surface area contributed by atoms with E-state index in [0.29, 0.717) is 6.61 Å². The van der Waals surface area contributed by atoms with Crippen molar-refractivity contribution in [1.82, 2.24) is 0 Å². The molecule has 166 valence electrons. The van der Waals surface area contributed by atoms with Gasteiger partial charge in [0.2, 0.25) is 0 Å². The van der Waals surface area contributed by atoms with Crippen molar-refractivity contribution in [2.24, 2.45) is 0 Å². The summed E-state index contributed by atoms with van der Waals surface area (Å²) in [6.07, 6.45) is 3.32. The van der Waals surface area contributed by atoms with Crippen molar-refractivity contribution in [3.63, 3.8) is 0 Å². The van der Waals surface area contributed by atoms with Crippen LogP contribution in [-0.2, 0) is 25.3 Å². The van der Waals surface area contributed by atoms with Gasteiger partial charge in [-0.3, -0.25) is 4.79 Å². The van der Waals surface area contributed by atoms with Crippen LogP contribution < -0.4 is 0 Å². The maximum Gasteiger partial charge on any atom is 0.309 e. The fraction of sp³-hybridized carbons (Fsp3) is 0.423. The molecule has 2 aromatic carbocycles. The van der Waals surface area contributed by atoms with Crippen molar-refractivity contribution in [3.05, 3.63) is 83.9 Å². The Kier molecular flexibility index (Phi) is 7.52. The Balaban J connectivity index is 1.75. The second-order valence-corrected chi connectivity index (χ2v) is 14.3. The molecule has 2 aromatic rings. The fourth-order valence-electron chi connectivity index (χ4n) is 3.22. The minimum atomic E-state index is -2.01. The van der Waals surface area contributed by atoms with Gasteiger partial charge in [0.15, 0.2) is 8.32 Å². The molecule has 1 aliphatic heterocycles. The average molecular weight is 439 g/mol. The highest BCUT2D eigenvalue weighted by Gasteiger charge is 2.39. The van der Waals surface area contributed by atoms with Crippen LogP contribution in [0.1, 0.15) is 44.4 Å². The molecule has 3 atom stereocenters. The van der Waals surface area contributed by atoms with Crippen molar-refractivity contribution in [3.8, 4) is 0 Å². The van der Waals surface area contributed by atoms with Crippen LogP contribution in [0, 0.1) is 0 Å². The molecule has 3 rings (SSSR count). The molecule has 0 spiro atoms. The molecule has 1 fully saturated rings. The lowest BCUT2D eigenvalue weighted by atomic mass is 10.1. The maximum absolute atomic E-state index is 12.0. The summed E-state index contributed by atoms with van der Waals surface area (Å²) in [5.74, 6) is -0.228. The summed E-state index contributed by atoms with van der Waals surface area (Å²) >= 11 is 0. The Hall–Kier alpha value is -2.21. The molecule has 0 saturated carbocycles.